The van der Waals surface area contributed by atoms with E-state index < -0.39 is 6.04 Å². The molecule has 0 spiro atoms. The minimum Gasteiger partial charge on any atom is -0.495 e. The zero-order chi connectivity index (χ0) is 21.3. The minimum atomic E-state index is -0.566. The number of anilines is 4. The summed E-state index contributed by atoms with van der Waals surface area (Å²) in [6.07, 6.45) is 1.37. The first kappa shape index (κ1) is 20.9. The van der Waals surface area contributed by atoms with Crippen LogP contribution in [-0.2, 0) is 16.1 Å². The molecule has 3 rings (SSSR count). The van der Waals surface area contributed by atoms with Gasteiger partial charge in [0.15, 0.2) is 5.82 Å². The predicted molar refractivity (Wildman–Crippen MR) is 113 cm³/mol. The molecule has 3 aromatic rings. The monoisotopic (exact) mass is 409 g/mol. The summed E-state index contributed by atoms with van der Waals surface area (Å²) in [6, 6.07) is 14.1. The Kier molecular flexibility index (Phi) is 7.01. The summed E-state index contributed by atoms with van der Waals surface area (Å²) in [5.41, 5.74) is 9.14. The third-order valence-corrected chi connectivity index (χ3v) is 4.45. The largest absolute Gasteiger partial charge is 0.495 e. The predicted octanol–water partition coefficient (Wildman–Crippen LogP) is 2.63. The van der Waals surface area contributed by atoms with Gasteiger partial charge in [-0.05, 0) is 18.2 Å². The average Bonchev–Trinajstić information content (AvgIpc) is 2.78. The summed E-state index contributed by atoms with van der Waals surface area (Å²) in [6.45, 7) is 0.195. The Bertz CT molecular complexity index is 999. The Balaban J connectivity index is 1.94. The van der Waals surface area contributed by atoms with Gasteiger partial charge >= 0.3 is 0 Å². The third kappa shape index (κ3) is 4.76. The van der Waals surface area contributed by atoms with Crippen LogP contribution >= 0.6 is 0 Å². The molecule has 0 fully saturated rings. The number of aromatic nitrogens is 2. The molecular formula is C21H23N5O4. The quantitative estimate of drug-likeness (QED) is 0.373. The number of para-hydroxylation sites is 3. The number of benzene rings is 2. The van der Waals surface area contributed by atoms with Crippen LogP contribution in [0.5, 0.6) is 5.75 Å². The number of carbonyl (C=O) groups is 1. The number of hydrogen-bond donors (Lipinski definition) is 4. The van der Waals surface area contributed by atoms with Crippen LogP contribution in [0.2, 0.25) is 0 Å². The minimum absolute atomic E-state index is 0.0153. The molecule has 9 heteroatoms. The van der Waals surface area contributed by atoms with Crippen molar-refractivity contribution in [3.8, 4) is 5.75 Å². The van der Waals surface area contributed by atoms with Crippen molar-refractivity contribution in [2.24, 2.45) is 0 Å². The number of hydrogen-bond acceptors (Lipinski definition) is 9. The molecule has 0 amide bonds. The second-order valence-corrected chi connectivity index (χ2v) is 6.29. The first-order valence-electron chi connectivity index (χ1n) is 9.18. The second-order valence-electron chi connectivity index (χ2n) is 6.29. The molecule has 0 saturated carbocycles. The van der Waals surface area contributed by atoms with Crippen LogP contribution in [0.4, 0.5) is 22.9 Å². The first-order valence-corrected chi connectivity index (χ1v) is 9.18. The van der Waals surface area contributed by atoms with Gasteiger partial charge in [0.2, 0.25) is 0 Å². The molecule has 30 heavy (non-hydrogen) atoms. The highest BCUT2D eigenvalue weighted by atomic mass is 16.5. The fraction of sp³-hybridized carbons (Fsp3) is 0.190. The normalized spacial score (nSPS) is 11.4. The van der Waals surface area contributed by atoms with Crippen LogP contribution in [0, 0.1) is 0 Å². The maximum atomic E-state index is 10.8. The Hall–Kier alpha value is -3.85. The molecular weight excluding hydrogens is 386 g/mol. The molecule has 5 N–H and O–H groups in total. The fourth-order valence-corrected chi connectivity index (χ4v) is 2.97. The summed E-state index contributed by atoms with van der Waals surface area (Å²) in [5, 5.41) is 16.0. The number of aliphatic hydroxyl groups excluding tert-OH is 1. The van der Waals surface area contributed by atoms with Gasteiger partial charge in [-0.25, -0.2) is 9.97 Å². The van der Waals surface area contributed by atoms with Crippen molar-refractivity contribution in [3.05, 3.63) is 66.1 Å². The second kappa shape index (κ2) is 10.1. The van der Waals surface area contributed by atoms with Crippen LogP contribution in [0.25, 0.3) is 0 Å². The lowest BCUT2D eigenvalue weighted by Crippen LogP contribution is -2.21. The molecule has 0 bridgehead atoms. The Labute approximate surface area is 173 Å². The van der Waals surface area contributed by atoms with Gasteiger partial charge in [0.25, 0.3) is 6.47 Å². The van der Waals surface area contributed by atoms with Crippen LogP contribution in [0.1, 0.15) is 17.3 Å². The summed E-state index contributed by atoms with van der Waals surface area (Å²) in [4.78, 5) is 19.3. The van der Waals surface area contributed by atoms with Crippen molar-refractivity contribution < 1.29 is 19.4 Å². The first-order chi connectivity index (χ1) is 14.7. The lowest BCUT2D eigenvalue weighted by atomic mass is 10.1. The third-order valence-electron chi connectivity index (χ3n) is 4.45. The number of rotatable bonds is 10. The average molecular weight is 409 g/mol. The highest BCUT2D eigenvalue weighted by Crippen LogP contribution is 2.32. The lowest BCUT2D eigenvalue weighted by molar-refractivity contribution is -0.129. The van der Waals surface area contributed by atoms with Crippen molar-refractivity contribution in [3.63, 3.8) is 0 Å². The standard InChI is InChI=1S/C21H23N5O4/c1-29-18-9-5-4-8-16(18)26-21-19(22)20(23-12-24-21)17(11-30-13-28)25-15-7-3-2-6-14(15)10-27/h2-9,12-13,17,25,27H,10-11,22H2,1H3,(H,23,24,26). The zero-order valence-corrected chi connectivity index (χ0v) is 16.4. The molecule has 0 aliphatic rings. The van der Waals surface area contributed by atoms with Crippen LogP contribution < -0.4 is 21.1 Å². The molecule has 0 aliphatic heterocycles. The topological polar surface area (TPSA) is 132 Å². The van der Waals surface area contributed by atoms with E-state index >= 15 is 0 Å². The summed E-state index contributed by atoms with van der Waals surface area (Å²) < 4.78 is 10.3. The van der Waals surface area contributed by atoms with Crippen molar-refractivity contribution in [2.45, 2.75) is 12.6 Å². The smallest absolute Gasteiger partial charge is 0.293 e. The Morgan fingerprint density at radius 3 is 2.60 bits per heavy atom. The molecule has 156 valence electrons. The van der Waals surface area contributed by atoms with E-state index in [2.05, 4.69) is 20.6 Å². The van der Waals surface area contributed by atoms with Crippen molar-refractivity contribution in [1.82, 2.24) is 9.97 Å². The summed E-state index contributed by atoms with van der Waals surface area (Å²) in [7, 11) is 1.57. The van der Waals surface area contributed by atoms with E-state index in [-0.39, 0.29) is 18.9 Å². The van der Waals surface area contributed by atoms with Gasteiger partial charge in [0, 0.05) is 11.3 Å². The molecule has 1 aromatic heterocycles. The SMILES string of the molecule is COc1ccccc1Nc1ncnc(C(COC=O)Nc2ccccc2CO)c1N. The molecule has 0 aliphatic carbocycles. The molecule has 1 atom stereocenters. The maximum Gasteiger partial charge on any atom is 0.293 e. The number of nitrogens with one attached hydrogen (secondary N) is 2. The Morgan fingerprint density at radius 1 is 1.13 bits per heavy atom. The van der Waals surface area contributed by atoms with Gasteiger partial charge in [0.1, 0.15) is 24.7 Å². The molecule has 2 aromatic carbocycles. The molecule has 1 unspecified atom stereocenters. The highest BCUT2D eigenvalue weighted by molar-refractivity contribution is 5.74. The Morgan fingerprint density at radius 2 is 1.87 bits per heavy atom. The number of carbonyl (C=O) groups excluding carboxylic acids is 1. The van der Waals surface area contributed by atoms with Gasteiger partial charge in [-0.15, -0.1) is 0 Å². The van der Waals surface area contributed by atoms with E-state index in [9.17, 15) is 9.90 Å². The van der Waals surface area contributed by atoms with Crippen molar-refractivity contribution >= 4 is 29.4 Å². The fourth-order valence-electron chi connectivity index (χ4n) is 2.97. The van der Waals surface area contributed by atoms with E-state index in [4.69, 9.17) is 15.2 Å². The van der Waals surface area contributed by atoms with Gasteiger partial charge < -0.3 is 30.9 Å². The van der Waals surface area contributed by atoms with Gasteiger partial charge in [0.05, 0.1) is 30.8 Å². The number of nitrogens with zero attached hydrogens (tertiary/aromatic N) is 2. The molecule has 1 heterocycles. The van der Waals surface area contributed by atoms with E-state index in [0.717, 1.165) is 0 Å². The van der Waals surface area contributed by atoms with E-state index in [1.165, 1.54) is 6.33 Å². The number of ether oxygens (including phenoxy) is 2. The highest BCUT2D eigenvalue weighted by Gasteiger charge is 2.21. The maximum absolute atomic E-state index is 10.8. The van der Waals surface area contributed by atoms with Crippen molar-refractivity contribution in [2.75, 3.05) is 30.1 Å². The number of methoxy groups -OCH3 is 1. The van der Waals surface area contributed by atoms with Gasteiger partial charge in [-0.2, -0.15) is 0 Å². The molecule has 0 saturated heterocycles. The number of nitrogens with two attached hydrogens (primary N) is 1. The van der Waals surface area contributed by atoms with Gasteiger partial charge in [-0.3, -0.25) is 4.79 Å². The van der Waals surface area contributed by atoms with Crippen LogP contribution in [0.15, 0.2) is 54.9 Å². The number of aliphatic hydroxyl groups is 1. The lowest BCUT2D eigenvalue weighted by Gasteiger charge is -2.22. The van der Waals surface area contributed by atoms with Crippen molar-refractivity contribution in [1.29, 1.82) is 0 Å². The number of nitrogen functional groups attached to an aromatic ring is 1. The van der Waals surface area contributed by atoms with Crippen LogP contribution in [0.3, 0.4) is 0 Å². The van der Waals surface area contributed by atoms with E-state index in [1.807, 2.05) is 42.5 Å². The molecule has 9 nitrogen and oxygen atoms in total. The van der Waals surface area contributed by atoms with E-state index in [1.54, 1.807) is 13.2 Å². The summed E-state index contributed by atoms with van der Waals surface area (Å²) >= 11 is 0. The van der Waals surface area contributed by atoms with Crippen LogP contribution in [-0.4, -0.2) is 35.3 Å². The van der Waals surface area contributed by atoms with E-state index in [0.29, 0.717) is 40.7 Å². The molecule has 0 radical (unpaired) electrons. The summed E-state index contributed by atoms with van der Waals surface area (Å²) in [5.74, 6) is 1.02. The zero-order valence-electron chi connectivity index (χ0n) is 16.4. The van der Waals surface area contributed by atoms with Gasteiger partial charge in [-0.1, -0.05) is 30.3 Å².